The largest absolute Gasteiger partial charge is 0.325 e. The van der Waals surface area contributed by atoms with Gasteiger partial charge in [-0.1, -0.05) is 30.3 Å². The van der Waals surface area contributed by atoms with Crippen molar-refractivity contribution in [3.8, 4) is 11.1 Å². The Morgan fingerprint density at radius 2 is 1.90 bits per heavy atom. The van der Waals surface area contributed by atoms with Crippen LogP contribution in [0.3, 0.4) is 0 Å². The first-order valence-electron chi connectivity index (χ1n) is 5.65. The number of aromatic nitrogens is 1. The second kappa shape index (κ2) is 5.60. The summed E-state index contributed by atoms with van der Waals surface area (Å²) in [6.07, 6.45) is 1.25. The highest BCUT2D eigenvalue weighted by molar-refractivity contribution is 8.13. The van der Waals surface area contributed by atoms with Crippen molar-refractivity contribution in [2.24, 2.45) is 0 Å². The van der Waals surface area contributed by atoms with Gasteiger partial charge in [0.25, 0.3) is 9.05 Å². The Labute approximate surface area is 121 Å². The maximum absolute atomic E-state index is 11.6. The van der Waals surface area contributed by atoms with Gasteiger partial charge >= 0.3 is 0 Å². The lowest BCUT2D eigenvalue weighted by Gasteiger charge is -2.09. The van der Waals surface area contributed by atoms with Crippen LogP contribution in [0.15, 0.2) is 47.6 Å². The topological polar surface area (TPSA) is 76.1 Å². The van der Waals surface area contributed by atoms with Gasteiger partial charge in [-0.2, -0.15) is 0 Å². The van der Waals surface area contributed by atoms with Crippen LogP contribution in [0.4, 0.5) is 5.69 Å². The smallest absolute Gasteiger partial charge is 0.279 e. The molecule has 104 valence electrons. The minimum Gasteiger partial charge on any atom is -0.325 e. The minimum absolute atomic E-state index is 0.237. The lowest BCUT2D eigenvalue weighted by atomic mass is 10.1. The molecule has 1 heterocycles. The van der Waals surface area contributed by atoms with Crippen LogP contribution >= 0.6 is 10.7 Å². The molecule has 0 bridgehead atoms. The van der Waals surface area contributed by atoms with Crippen molar-refractivity contribution in [1.29, 1.82) is 0 Å². The molecule has 1 aromatic heterocycles. The molecule has 0 fully saturated rings. The summed E-state index contributed by atoms with van der Waals surface area (Å²) >= 11 is 0. The zero-order valence-corrected chi connectivity index (χ0v) is 12.1. The zero-order chi connectivity index (χ0) is 14.8. The molecule has 0 saturated heterocycles. The Morgan fingerprint density at radius 1 is 1.25 bits per heavy atom. The number of anilines is 1. The third-order valence-corrected chi connectivity index (χ3v) is 3.71. The van der Waals surface area contributed by atoms with Gasteiger partial charge in [-0.25, -0.2) is 13.4 Å². The number of carbonyl (C=O) groups excluding carboxylic acids is 1. The number of pyridine rings is 1. The number of amides is 1. The van der Waals surface area contributed by atoms with Crippen molar-refractivity contribution in [2.45, 2.75) is 11.9 Å². The van der Waals surface area contributed by atoms with Crippen LogP contribution in [0, 0.1) is 0 Å². The van der Waals surface area contributed by atoms with Crippen molar-refractivity contribution in [3.05, 3.63) is 42.6 Å². The lowest BCUT2D eigenvalue weighted by Crippen LogP contribution is -2.07. The number of benzene rings is 1. The minimum atomic E-state index is -3.98. The summed E-state index contributed by atoms with van der Waals surface area (Å²) in [7, 11) is 1.42. The van der Waals surface area contributed by atoms with Crippen molar-refractivity contribution in [1.82, 2.24) is 4.98 Å². The molecule has 0 aliphatic heterocycles. The van der Waals surface area contributed by atoms with Gasteiger partial charge in [0.1, 0.15) is 0 Å². The van der Waals surface area contributed by atoms with Gasteiger partial charge in [-0.05, 0) is 11.6 Å². The second-order valence-corrected chi connectivity index (χ2v) is 6.54. The normalized spacial score (nSPS) is 11.1. The number of nitrogens with zero attached hydrogens (tertiary/aromatic N) is 1. The van der Waals surface area contributed by atoms with Gasteiger partial charge in [0.15, 0.2) is 5.03 Å². The molecule has 1 N–H and O–H groups in total. The summed E-state index contributed by atoms with van der Waals surface area (Å²) in [6.45, 7) is 1.36. The quantitative estimate of drug-likeness (QED) is 0.884. The molecule has 0 saturated carbocycles. The molecular formula is C13H11ClN2O3S. The molecule has 7 heteroatoms. The van der Waals surface area contributed by atoms with E-state index in [-0.39, 0.29) is 10.9 Å². The Balaban J connectivity index is 2.63. The van der Waals surface area contributed by atoms with E-state index in [2.05, 4.69) is 10.3 Å². The fourth-order valence-corrected chi connectivity index (χ4v) is 2.73. The van der Waals surface area contributed by atoms with Crippen molar-refractivity contribution < 1.29 is 13.2 Å². The average Bonchev–Trinajstić information content (AvgIpc) is 2.37. The van der Waals surface area contributed by atoms with Gasteiger partial charge < -0.3 is 5.32 Å². The number of nitrogens with one attached hydrogen (secondary N) is 1. The molecule has 1 aromatic carbocycles. The number of hydrogen-bond acceptors (Lipinski definition) is 4. The van der Waals surface area contributed by atoms with E-state index < -0.39 is 9.05 Å². The molecule has 0 atom stereocenters. The molecule has 0 radical (unpaired) electrons. The van der Waals surface area contributed by atoms with E-state index in [9.17, 15) is 13.2 Å². The molecular weight excluding hydrogens is 300 g/mol. The van der Waals surface area contributed by atoms with Crippen LogP contribution in [-0.2, 0) is 13.8 Å². The standard InChI is InChI=1S/C13H11ClN2O3S/c1-9(17)16-11-7-12(10-5-3-2-4-6-10)13(15-8-11)20(14,18)19/h2-8H,1H3,(H,16,17). The van der Waals surface area contributed by atoms with Crippen molar-refractivity contribution >= 4 is 31.3 Å². The number of carbonyl (C=O) groups is 1. The Kier molecular flexibility index (Phi) is 4.06. The van der Waals surface area contributed by atoms with Crippen molar-refractivity contribution in [2.75, 3.05) is 5.32 Å². The second-order valence-electron chi connectivity index (χ2n) is 4.06. The SMILES string of the molecule is CC(=O)Nc1cnc(S(=O)(=O)Cl)c(-c2ccccc2)c1. The summed E-state index contributed by atoms with van der Waals surface area (Å²) in [4.78, 5) is 14.9. The summed E-state index contributed by atoms with van der Waals surface area (Å²) in [6, 6.07) is 10.3. The van der Waals surface area contributed by atoms with Crippen LogP contribution in [0.2, 0.25) is 0 Å². The predicted molar refractivity (Wildman–Crippen MR) is 77.0 cm³/mol. The fourth-order valence-electron chi connectivity index (χ4n) is 1.74. The van der Waals surface area contributed by atoms with Crippen LogP contribution in [0.5, 0.6) is 0 Å². The van der Waals surface area contributed by atoms with Crippen LogP contribution in [0.25, 0.3) is 11.1 Å². The van der Waals surface area contributed by atoms with Crippen LogP contribution in [-0.4, -0.2) is 19.3 Å². The number of rotatable bonds is 3. The first kappa shape index (κ1) is 14.5. The van der Waals surface area contributed by atoms with Crippen molar-refractivity contribution in [3.63, 3.8) is 0 Å². The number of halogens is 1. The highest BCUT2D eigenvalue weighted by atomic mass is 35.7. The molecule has 2 rings (SSSR count). The van der Waals surface area contributed by atoms with Gasteiger partial charge in [-0.3, -0.25) is 4.79 Å². The molecule has 0 aliphatic carbocycles. The molecule has 2 aromatic rings. The third-order valence-electron chi connectivity index (χ3n) is 2.49. The first-order chi connectivity index (χ1) is 9.38. The third kappa shape index (κ3) is 3.34. The average molecular weight is 311 g/mol. The Hall–Kier alpha value is -1.92. The maximum Gasteiger partial charge on any atom is 0.279 e. The van der Waals surface area contributed by atoms with E-state index in [0.717, 1.165) is 0 Å². The number of hydrogen-bond donors (Lipinski definition) is 1. The van der Waals surface area contributed by atoms with E-state index in [0.29, 0.717) is 16.8 Å². The molecule has 20 heavy (non-hydrogen) atoms. The van der Waals surface area contributed by atoms with Crippen LogP contribution < -0.4 is 5.32 Å². The summed E-state index contributed by atoms with van der Waals surface area (Å²) in [5.41, 5.74) is 1.39. The van der Waals surface area contributed by atoms with E-state index >= 15 is 0 Å². The first-order valence-corrected chi connectivity index (χ1v) is 7.96. The van der Waals surface area contributed by atoms with Crippen LogP contribution in [0.1, 0.15) is 6.92 Å². The molecule has 0 aliphatic rings. The van der Waals surface area contributed by atoms with E-state index in [4.69, 9.17) is 10.7 Å². The summed E-state index contributed by atoms with van der Waals surface area (Å²) < 4.78 is 23.2. The summed E-state index contributed by atoms with van der Waals surface area (Å²) in [5, 5.41) is 2.32. The Bertz CT molecular complexity index is 745. The van der Waals surface area contributed by atoms with Gasteiger partial charge in [0.05, 0.1) is 11.9 Å². The molecule has 0 unspecified atom stereocenters. The van der Waals surface area contributed by atoms with Gasteiger partial charge in [-0.15, -0.1) is 0 Å². The highest BCUT2D eigenvalue weighted by Crippen LogP contribution is 2.30. The van der Waals surface area contributed by atoms with E-state index in [1.54, 1.807) is 24.3 Å². The molecule has 5 nitrogen and oxygen atoms in total. The lowest BCUT2D eigenvalue weighted by molar-refractivity contribution is -0.114. The van der Waals surface area contributed by atoms with E-state index in [1.165, 1.54) is 19.2 Å². The highest BCUT2D eigenvalue weighted by Gasteiger charge is 2.19. The fraction of sp³-hybridized carbons (Fsp3) is 0.0769. The Morgan fingerprint density at radius 3 is 2.45 bits per heavy atom. The van der Waals surface area contributed by atoms with Gasteiger partial charge in [0.2, 0.25) is 5.91 Å². The monoisotopic (exact) mass is 310 g/mol. The zero-order valence-electron chi connectivity index (χ0n) is 10.5. The van der Waals surface area contributed by atoms with Gasteiger partial charge in [0, 0.05) is 23.2 Å². The molecule has 0 spiro atoms. The predicted octanol–water partition coefficient (Wildman–Crippen LogP) is 2.63. The summed E-state index contributed by atoms with van der Waals surface area (Å²) in [5.74, 6) is -0.271. The molecule has 1 amide bonds. The maximum atomic E-state index is 11.6. The van der Waals surface area contributed by atoms with E-state index in [1.807, 2.05) is 6.07 Å².